The smallest absolute Gasteiger partial charge is 0.115 e. The van der Waals surface area contributed by atoms with Gasteiger partial charge in [-0.1, -0.05) is 55.5 Å². The van der Waals surface area contributed by atoms with E-state index < -0.39 is 0 Å². The summed E-state index contributed by atoms with van der Waals surface area (Å²) in [5.41, 5.74) is 0. The molecule has 0 heterocycles. The molecule has 304 valence electrons. The molecule has 0 amide bonds. The predicted octanol–water partition coefficient (Wildman–Crippen LogP) is 1.30. The minimum Gasteiger partial charge on any atom is -0.396 e. The number of rotatable bonds is 20. The third-order valence-electron chi connectivity index (χ3n) is 12.4. The zero-order valence-electron chi connectivity index (χ0n) is 33.1. The van der Waals surface area contributed by atoms with Crippen LogP contribution in [0.3, 0.4) is 0 Å². The van der Waals surface area contributed by atoms with E-state index in [1.54, 1.807) is 49.8 Å². The SMILES string of the molecule is CO[C@H]1[C@H](CO)[C@@H](N(CCCCN(C2C=C[C@@H](CO)[C@@H](OC)[C@@H]2OC)[C@H]2C=C[C@@H](OC)[C@@H](CO)[C@@H]2CO)[C@H]2C=C[C@@H](OC)[C@@H](OC)[C@@H]2OC)C=C[C@H]1C. The minimum absolute atomic E-state index is 0.0302. The Morgan fingerprint density at radius 1 is 0.415 bits per heavy atom. The second kappa shape index (κ2) is 21.7. The summed E-state index contributed by atoms with van der Waals surface area (Å²) in [7, 11) is 11.7. The van der Waals surface area contributed by atoms with Gasteiger partial charge in [-0.2, -0.15) is 0 Å². The van der Waals surface area contributed by atoms with E-state index in [-0.39, 0.29) is 123 Å². The molecule has 0 aromatic heterocycles. The molecule has 4 N–H and O–H groups in total. The number of aliphatic hydroxyl groups is 4. The van der Waals surface area contributed by atoms with Crippen molar-refractivity contribution in [3.05, 3.63) is 48.6 Å². The van der Waals surface area contributed by atoms with Crippen molar-refractivity contribution < 1.29 is 53.6 Å². The van der Waals surface area contributed by atoms with Gasteiger partial charge in [0.2, 0.25) is 0 Å². The van der Waals surface area contributed by atoms with Crippen LogP contribution in [0.5, 0.6) is 0 Å². The fourth-order valence-electron chi connectivity index (χ4n) is 9.60. The van der Waals surface area contributed by atoms with Crippen LogP contribution in [0.2, 0.25) is 0 Å². The Bertz CT molecular complexity index is 1150. The van der Waals surface area contributed by atoms with Crippen LogP contribution in [0.4, 0.5) is 0 Å². The van der Waals surface area contributed by atoms with Gasteiger partial charge in [-0.3, -0.25) is 9.80 Å². The summed E-state index contributed by atoms with van der Waals surface area (Å²) in [6, 6.07) is -0.765. The van der Waals surface area contributed by atoms with Crippen molar-refractivity contribution in [3.63, 3.8) is 0 Å². The molecule has 0 saturated carbocycles. The first-order valence-corrected chi connectivity index (χ1v) is 19.1. The van der Waals surface area contributed by atoms with Gasteiger partial charge >= 0.3 is 0 Å². The maximum atomic E-state index is 10.8. The second-order valence-electron chi connectivity index (χ2n) is 14.8. The molecule has 0 aliphatic heterocycles. The van der Waals surface area contributed by atoms with Gasteiger partial charge in [0, 0.05) is 105 Å². The standard InChI is InChI=1S/C40H68N2O11/c1-25-11-13-31(29(24-46)36(25)49-4)42(33-16-18-35(48-3)40(53-8)39(33)52-7)20-10-9-19-41(30-15-17-34(47-2)28(23-45)27(30)22-44)32-14-12-26(21-43)37(50-5)38(32)51-6/h11-18,25-40,43-46H,9-10,19-24H2,1-8H3/t25-,26+,27+,28+,29-,30+,31+,32?,33+,34-,35-,36-,37-,38-,39-,40-/m1/s1. The Balaban J connectivity index is 1.68. The molecule has 53 heavy (non-hydrogen) atoms. The predicted molar refractivity (Wildman–Crippen MR) is 201 cm³/mol. The number of hydrogen-bond donors (Lipinski definition) is 4. The first kappa shape index (κ1) is 44.2. The van der Waals surface area contributed by atoms with Gasteiger partial charge in [-0.05, 0) is 25.9 Å². The molecule has 13 nitrogen and oxygen atoms in total. The third kappa shape index (κ3) is 9.53. The lowest BCUT2D eigenvalue weighted by Crippen LogP contribution is -2.61. The summed E-state index contributed by atoms with van der Waals surface area (Å²) in [5, 5.41) is 42.2. The average Bonchev–Trinajstić information content (AvgIpc) is 3.20. The first-order valence-electron chi connectivity index (χ1n) is 19.1. The molecule has 0 radical (unpaired) electrons. The van der Waals surface area contributed by atoms with Crippen LogP contribution < -0.4 is 0 Å². The normalized spacial score (nSPS) is 40.1. The van der Waals surface area contributed by atoms with Gasteiger partial charge in [0.15, 0.2) is 0 Å². The minimum atomic E-state index is -0.390. The summed E-state index contributed by atoms with van der Waals surface area (Å²) in [6.07, 6.45) is 16.2. The highest BCUT2D eigenvalue weighted by Crippen LogP contribution is 2.37. The van der Waals surface area contributed by atoms with Gasteiger partial charge in [0.1, 0.15) is 24.4 Å². The molecule has 4 aliphatic rings. The quantitative estimate of drug-likeness (QED) is 0.105. The van der Waals surface area contributed by atoms with Crippen LogP contribution in [0.15, 0.2) is 48.6 Å². The summed E-state index contributed by atoms with van der Waals surface area (Å²) in [5.74, 6) is -0.827. The van der Waals surface area contributed by atoms with Crippen LogP contribution in [-0.2, 0) is 33.2 Å². The molecule has 13 heteroatoms. The molecule has 16 atom stereocenters. The van der Waals surface area contributed by atoms with Crippen LogP contribution in [0, 0.1) is 29.6 Å². The molecular weight excluding hydrogens is 684 g/mol. The summed E-state index contributed by atoms with van der Waals surface area (Å²) >= 11 is 0. The van der Waals surface area contributed by atoms with E-state index in [0.29, 0.717) is 13.1 Å². The molecule has 0 fully saturated rings. The highest BCUT2D eigenvalue weighted by Gasteiger charge is 2.47. The third-order valence-corrected chi connectivity index (χ3v) is 12.4. The molecule has 1 unspecified atom stereocenters. The molecule has 0 saturated heterocycles. The number of aliphatic hydroxyl groups excluding tert-OH is 4. The average molecular weight is 753 g/mol. The molecule has 4 rings (SSSR count). The van der Waals surface area contributed by atoms with Crippen molar-refractivity contribution in [1.29, 1.82) is 0 Å². The zero-order chi connectivity index (χ0) is 38.7. The van der Waals surface area contributed by atoms with E-state index in [9.17, 15) is 20.4 Å². The van der Waals surface area contributed by atoms with Crippen LogP contribution >= 0.6 is 0 Å². The number of hydrogen-bond acceptors (Lipinski definition) is 13. The molecular formula is C40H68N2O11. The van der Waals surface area contributed by atoms with Crippen LogP contribution in [0.25, 0.3) is 0 Å². The number of ether oxygens (including phenoxy) is 7. The van der Waals surface area contributed by atoms with E-state index in [4.69, 9.17) is 33.2 Å². The molecule has 0 aromatic carbocycles. The van der Waals surface area contributed by atoms with E-state index >= 15 is 0 Å². The molecule has 4 aliphatic carbocycles. The van der Waals surface area contributed by atoms with Gasteiger partial charge < -0.3 is 53.6 Å². The van der Waals surface area contributed by atoms with Crippen molar-refractivity contribution in [2.45, 2.75) is 86.7 Å². The highest BCUT2D eigenvalue weighted by atomic mass is 16.6. The number of unbranched alkanes of at least 4 members (excludes halogenated alkanes) is 1. The Hall–Kier alpha value is -1.56. The Morgan fingerprint density at radius 3 is 1.36 bits per heavy atom. The molecule has 0 bridgehead atoms. The van der Waals surface area contributed by atoms with Gasteiger partial charge in [0.25, 0.3) is 0 Å². The Labute approximate surface area is 317 Å². The molecule has 0 aromatic rings. The first-order chi connectivity index (χ1) is 25.8. The monoisotopic (exact) mass is 752 g/mol. The summed E-state index contributed by atoms with van der Waals surface area (Å²) < 4.78 is 41.5. The fourth-order valence-corrected chi connectivity index (χ4v) is 9.60. The number of nitrogens with zero attached hydrogens (tertiary/aromatic N) is 2. The summed E-state index contributed by atoms with van der Waals surface area (Å²) in [6.45, 7) is 3.09. The maximum Gasteiger partial charge on any atom is 0.115 e. The zero-order valence-corrected chi connectivity index (χ0v) is 33.1. The van der Waals surface area contributed by atoms with Gasteiger partial charge in [-0.15, -0.1) is 0 Å². The number of methoxy groups -OCH3 is 7. The van der Waals surface area contributed by atoms with Crippen molar-refractivity contribution in [1.82, 2.24) is 9.80 Å². The lowest BCUT2D eigenvalue weighted by Gasteiger charge is -2.49. The molecule has 0 spiro atoms. The summed E-state index contributed by atoms with van der Waals surface area (Å²) in [4.78, 5) is 4.76. The lowest BCUT2D eigenvalue weighted by molar-refractivity contribution is -0.128. The topological polar surface area (TPSA) is 152 Å². The van der Waals surface area contributed by atoms with E-state index in [1.807, 2.05) is 18.2 Å². The van der Waals surface area contributed by atoms with Crippen molar-refractivity contribution >= 4 is 0 Å². The second-order valence-corrected chi connectivity index (χ2v) is 14.8. The van der Waals surface area contributed by atoms with Crippen LogP contribution in [0.1, 0.15) is 19.8 Å². The Kier molecular flexibility index (Phi) is 18.0. The van der Waals surface area contributed by atoms with E-state index in [1.165, 1.54) is 0 Å². The van der Waals surface area contributed by atoms with E-state index in [0.717, 1.165) is 12.8 Å². The van der Waals surface area contributed by atoms with Crippen molar-refractivity contribution in [2.75, 3.05) is 89.3 Å². The lowest BCUT2D eigenvalue weighted by atomic mass is 9.76. The van der Waals surface area contributed by atoms with E-state index in [2.05, 4.69) is 47.1 Å². The highest BCUT2D eigenvalue weighted by molar-refractivity contribution is 5.19. The van der Waals surface area contributed by atoms with Gasteiger partial charge in [-0.25, -0.2) is 0 Å². The Morgan fingerprint density at radius 2 is 0.868 bits per heavy atom. The maximum absolute atomic E-state index is 10.8. The van der Waals surface area contributed by atoms with Crippen LogP contribution in [-0.4, -0.2) is 186 Å². The van der Waals surface area contributed by atoms with Crippen molar-refractivity contribution in [3.8, 4) is 0 Å². The van der Waals surface area contributed by atoms with Crippen molar-refractivity contribution in [2.24, 2.45) is 29.6 Å². The largest absolute Gasteiger partial charge is 0.396 e. The fraction of sp³-hybridized carbons (Fsp3) is 0.800. The van der Waals surface area contributed by atoms with Gasteiger partial charge in [0.05, 0.1) is 43.6 Å².